The third-order valence-corrected chi connectivity index (χ3v) is 5.27. The lowest BCUT2D eigenvalue weighted by atomic mass is 10.3. The van der Waals surface area contributed by atoms with Crippen LogP contribution < -0.4 is 5.32 Å². The van der Waals surface area contributed by atoms with Gasteiger partial charge in [0, 0.05) is 35.4 Å². The van der Waals surface area contributed by atoms with Crippen molar-refractivity contribution in [3.05, 3.63) is 64.6 Å². The van der Waals surface area contributed by atoms with E-state index in [0.29, 0.717) is 23.8 Å². The summed E-state index contributed by atoms with van der Waals surface area (Å²) in [5.74, 6) is -0.162. The Balaban J connectivity index is 1.42. The molecular formula is C18H16ClN5OS. The van der Waals surface area contributed by atoms with E-state index in [1.165, 1.54) is 11.3 Å². The maximum Gasteiger partial charge on any atom is 0.271 e. The standard InChI is InChI=1S/C18H16ClN5OS/c1-12-16(22-18(26-12)23-7-2-3-8-23)17(25)20-6-9-24-11-21-14-10-13(19)4-5-15(14)24/h2-5,7-8,10-11H,6,9H2,1H3,(H,20,25). The van der Waals surface area contributed by atoms with E-state index in [-0.39, 0.29) is 5.91 Å². The number of fused-ring (bicyclic) bond motifs is 1. The summed E-state index contributed by atoms with van der Waals surface area (Å²) >= 11 is 7.48. The average Bonchev–Trinajstić information content (AvgIpc) is 3.34. The summed E-state index contributed by atoms with van der Waals surface area (Å²) in [6, 6.07) is 9.45. The molecule has 3 heterocycles. The number of nitrogens with zero attached hydrogens (tertiary/aromatic N) is 4. The summed E-state index contributed by atoms with van der Waals surface area (Å²) in [6.45, 7) is 3.02. The SMILES string of the molecule is Cc1sc(-n2cccc2)nc1C(=O)NCCn1cnc2cc(Cl)ccc21. The van der Waals surface area contributed by atoms with Crippen LogP contribution in [0.2, 0.25) is 5.02 Å². The van der Waals surface area contributed by atoms with E-state index in [0.717, 1.165) is 21.0 Å². The van der Waals surface area contributed by atoms with Gasteiger partial charge in [0.2, 0.25) is 0 Å². The van der Waals surface area contributed by atoms with Gasteiger partial charge in [-0.1, -0.05) is 11.6 Å². The van der Waals surface area contributed by atoms with Gasteiger partial charge in [-0.05, 0) is 37.3 Å². The summed E-state index contributed by atoms with van der Waals surface area (Å²) < 4.78 is 3.89. The van der Waals surface area contributed by atoms with Crippen molar-refractivity contribution in [2.75, 3.05) is 6.54 Å². The lowest BCUT2D eigenvalue weighted by Gasteiger charge is -2.06. The second kappa shape index (κ2) is 6.93. The van der Waals surface area contributed by atoms with Gasteiger partial charge >= 0.3 is 0 Å². The van der Waals surface area contributed by atoms with Crippen LogP contribution in [-0.2, 0) is 6.54 Å². The molecule has 26 heavy (non-hydrogen) atoms. The maximum atomic E-state index is 12.5. The number of halogens is 1. The van der Waals surface area contributed by atoms with Crippen molar-refractivity contribution in [1.29, 1.82) is 0 Å². The van der Waals surface area contributed by atoms with Crippen molar-refractivity contribution in [3.63, 3.8) is 0 Å². The van der Waals surface area contributed by atoms with Crippen LogP contribution in [0.3, 0.4) is 0 Å². The number of imidazole rings is 1. The van der Waals surface area contributed by atoms with Crippen molar-refractivity contribution >= 4 is 39.9 Å². The molecule has 132 valence electrons. The fourth-order valence-corrected chi connectivity index (χ4v) is 3.79. The minimum atomic E-state index is -0.162. The molecule has 8 heteroatoms. The first-order chi connectivity index (χ1) is 12.6. The molecule has 0 unspecified atom stereocenters. The van der Waals surface area contributed by atoms with E-state index in [1.807, 2.05) is 58.8 Å². The zero-order chi connectivity index (χ0) is 18.1. The van der Waals surface area contributed by atoms with Gasteiger partial charge in [0.05, 0.1) is 17.4 Å². The number of thiazole rings is 1. The Labute approximate surface area is 159 Å². The molecular weight excluding hydrogens is 370 g/mol. The number of carbonyl (C=O) groups is 1. The molecule has 4 aromatic rings. The zero-order valence-electron chi connectivity index (χ0n) is 14.0. The molecule has 0 saturated heterocycles. The molecule has 1 N–H and O–H groups in total. The van der Waals surface area contributed by atoms with Gasteiger partial charge in [-0.15, -0.1) is 11.3 Å². The first-order valence-electron chi connectivity index (χ1n) is 8.11. The summed E-state index contributed by atoms with van der Waals surface area (Å²) in [6.07, 6.45) is 5.58. The maximum absolute atomic E-state index is 12.5. The normalized spacial score (nSPS) is 11.2. The van der Waals surface area contributed by atoms with E-state index in [1.54, 1.807) is 6.33 Å². The van der Waals surface area contributed by atoms with Crippen molar-refractivity contribution < 1.29 is 4.79 Å². The fourth-order valence-electron chi connectivity index (χ4n) is 2.75. The second-order valence-electron chi connectivity index (χ2n) is 5.82. The van der Waals surface area contributed by atoms with Crippen molar-refractivity contribution in [1.82, 2.24) is 24.4 Å². The van der Waals surface area contributed by atoms with Crippen LogP contribution in [0.5, 0.6) is 0 Å². The van der Waals surface area contributed by atoms with Crippen LogP contribution in [0.4, 0.5) is 0 Å². The number of carbonyl (C=O) groups excluding carboxylic acids is 1. The average molecular weight is 386 g/mol. The first-order valence-corrected chi connectivity index (χ1v) is 9.30. The minimum Gasteiger partial charge on any atom is -0.349 e. The molecule has 0 aliphatic carbocycles. The number of hydrogen-bond donors (Lipinski definition) is 1. The van der Waals surface area contributed by atoms with Crippen molar-refractivity contribution in [2.24, 2.45) is 0 Å². The highest BCUT2D eigenvalue weighted by molar-refractivity contribution is 7.14. The van der Waals surface area contributed by atoms with Crippen molar-refractivity contribution in [3.8, 4) is 5.13 Å². The molecule has 6 nitrogen and oxygen atoms in total. The molecule has 1 aromatic carbocycles. The predicted molar refractivity (Wildman–Crippen MR) is 103 cm³/mol. The Morgan fingerprint density at radius 2 is 2.12 bits per heavy atom. The smallest absolute Gasteiger partial charge is 0.271 e. The number of rotatable bonds is 5. The largest absolute Gasteiger partial charge is 0.349 e. The van der Waals surface area contributed by atoms with Crippen LogP contribution in [0.15, 0.2) is 49.1 Å². The van der Waals surface area contributed by atoms with Gasteiger partial charge < -0.3 is 14.5 Å². The molecule has 3 aromatic heterocycles. The van der Waals surface area contributed by atoms with Gasteiger partial charge in [-0.3, -0.25) is 4.79 Å². The van der Waals surface area contributed by atoms with E-state index in [9.17, 15) is 4.79 Å². The second-order valence-corrected chi connectivity index (χ2v) is 7.44. The lowest BCUT2D eigenvalue weighted by molar-refractivity contribution is 0.0947. The zero-order valence-corrected chi connectivity index (χ0v) is 15.6. The topological polar surface area (TPSA) is 64.7 Å². The lowest BCUT2D eigenvalue weighted by Crippen LogP contribution is -2.27. The number of aryl methyl sites for hydroxylation is 1. The Bertz CT molecular complexity index is 1070. The summed E-state index contributed by atoms with van der Waals surface area (Å²) in [7, 11) is 0. The molecule has 0 fully saturated rings. The number of benzene rings is 1. The molecule has 0 aliphatic heterocycles. The molecule has 0 atom stereocenters. The van der Waals surface area contributed by atoms with Gasteiger partial charge in [0.1, 0.15) is 5.69 Å². The molecule has 0 bridgehead atoms. The Morgan fingerprint density at radius 1 is 1.31 bits per heavy atom. The van der Waals surface area contributed by atoms with Crippen molar-refractivity contribution in [2.45, 2.75) is 13.5 Å². The monoisotopic (exact) mass is 385 g/mol. The van der Waals surface area contributed by atoms with Crippen LogP contribution in [-0.4, -0.2) is 31.6 Å². The van der Waals surface area contributed by atoms with Crippen LogP contribution in [0.25, 0.3) is 16.2 Å². The minimum absolute atomic E-state index is 0.162. The third kappa shape index (κ3) is 3.23. The Hall–Kier alpha value is -2.64. The quantitative estimate of drug-likeness (QED) is 0.570. The number of nitrogens with one attached hydrogen (secondary N) is 1. The molecule has 1 amide bonds. The van der Waals surface area contributed by atoms with E-state index < -0.39 is 0 Å². The van der Waals surface area contributed by atoms with E-state index >= 15 is 0 Å². The molecule has 4 rings (SSSR count). The third-order valence-electron chi connectivity index (χ3n) is 4.05. The van der Waals surface area contributed by atoms with Gasteiger partial charge in [-0.2, -0.15) is 0 Å². The Kier molecular flexibility index (Phi) is 4.48. The molecule has 0 spiro atoms. The molecule has 0 aliphatic rings. The Morgan fingerprint density at radius 3 is 2.92 bits per heavy atom. The van der Waals surface area contributed by atoms with Crippen LogP contribution >= 0.6 is 22.9 Å². The number of amides is 1. The number of hydrogen-bond acceptors (Lipinski definition) is 4. The van der Waals surface area contributed by atoms with Crippen LogP contribution in [0.1, 0.15) is 15.4 Å². The summed E-state index contributed by atoms with van der Waals surface area (Å²) in [5.41, 5.74) is 2.31. The number of aromatic nitrogens is 4. The van der Waals surface area contributed by atoms with Crippen LogP contribution in [0, 0.1) is 6.92 Å². The van der Waals surface area contributed by atoms with Gasteiger partial charge in [0.15, 0.2) is 5.13 Å². The highest BCUT2D eigenvalue weighted by Crippen LogP contribution is 2.21. The summed E-state index contributed by atoms with van der Waals surface area (Å²) in [5, 5.41) is 4.38. The van der Waals surface area contributed by atoms with Gasteiger partial charge in [-0.25, -0.2) is 9.97 Å². The fraction of sp³-hybridized carbons (Fsp3) is 0.167. The molecule has 0 radical (unpaired) electrons. The predicted octanol–water partition coefficient (Wildman–Crippen LogP) is 3.68. The first kappa shape index (κ1) is 16.8. The van der Waals surface area contributed by atoms with Gasteiger partial charge in [0.25, 0.3) is 5.91 Å². The van der Waals surface area contributed by atoms with E-state index in [4.69, 9.17) is 11.6 Å². The molecule has 0 saturated carbocycles. The van der Waals surface area contributed by atoms with E-state index in [2.05, 4.69) is 15.3 Å². The summed E-state index contributed by atoms with van der Waals surface area (Å²) in [4.78, 5) is 22.2. The highest BCUT2D eigenvalue weighted by atomic mass is 35.5. The highest BCUT2D eigenvalue weighted by Gasteiger charge is 2.15.